The molecule has 0 aliphatic heterocycles. The molecule has 86 valence electrons. The lowest BCUT2D eigenvalue weighted by Gasteiger charge is -2.21. The number of rotatable bonds is 6. The molecular weight excluding hydrogens is 186 g/mol. The molecule has 15 heavy (non-hydrogen) atoms. The van der Waals surface area contributed by atoms with E-state index in [1.165, 1.54) is 18.5 Å². The van der Waals surface area contributed by atoms with Crippen LogP contribution in [0.3, 0.4) is 0 Å². The lowest BCUT2D eigenvalue weighted by Crippen LogP contribution is -2.17. The molecule has 0 amide bonds. The van der Waals surface area contributed by atoms with Crippen LogP contribution in [-0.2, 0) is 0 Å². The maximum Gasteiger partial charge on any atom is 0.0951 e. The first-order chi connectivity index (χ1) is 7.24. The van der Waals surface area contributed by atoms with Gasteiger partial charge in [-0.1, -0.05) is 27.2 Å². The highest BCUT2D eigenvalue weighted by Crippen LogP contribution is 2.23. The Morgan fingerprint density at radius 1 is 1.33 bits per heavy atom. The molecule has 1 aromatic rings. The van der Waals surface area contributed by atoms with Crippen molar-refractivity contribution in [1.82, 2.24) is 9.55 Å². The van der Waals surface area contributed by atoms with E-state index in [9.17, 15) is 0 Å². The Labute approximate surface area is 92.7 Å². The van der Waals surface area contributed by atoms with E-state index in [1.54, 1.807) is 0 Å². The van der Waals surface area contributed by atoms with Crippen LogP contribution in [0.5, 0.6) is 0 Å². The Balaban J connectivity index is 2.86. The monoisotopic (exact) mass is 209 g/mol. The molecular formula is C12H23N3. The van der Waals surface area contributed by atoms with Crippen LogP contribution in [0.4, 0.5) is 0 Å². The third-order valence-corrected chi connectivity index (χ3v) is 3.00. The molecule has 0 aromatic carbocycles. The maximum atomic E-state index is 6.07. The predicted octanol–water partition coefficient (Wildman–Crippen LogP) is 3.04. The first-order valence-corrected chi connectivity index (χ1v) is 6.01. The summed E-state index contributed by atoms with van der Waals surface area (Å²) in [6, 6.07) is 0.684. The molecule has 0 aliphatic rings. The second-order valence-electron chi connectivity index (χ2n) is 4.09. The molecule has 1 heterocycles. The van der Waals surface area contributed by atoms with Gasteiger partial charge in [0.1, 0.15) is 0 Å². The van der Waals surface area contributed by atoms with Crippen LogP contribution in [-0.4, -0.2) is 9.55 Å². The molecule has 0 fully saturated rings. The van der Waals surface area contributed by atoms with E-state index in [2.05, 4.69) is 30.3 Å². The standard InChI is InChI=1S/C12H23N3/c1-4-7-10(5-2)15-9-14-8-12(15)11(13)6-3/h8-11H,4-7,13H2,1-3H3/t10?,11-/m1/s1. The molecule has 1 unspecified atom stereocenters. The highest BCUT2D eigenvalue weighted by Gasteiger charge is 2.15. The lowest BCUT2D eigenvalue weighted by atomic mass is 10.1. The number of hydrogen-bond acceptors (Lipinski definition) is 2. The third-order valence-electron chi connectivity index (χ3n) is 3.00. The summed E-state index contributed by atoms with van der Waals surface area (Å²) in [5, 5.41) is 0. The van der Waals surface area contributed by atoms with Crippen molar-refractivity contribution in [2.75, 3.05) is 0 Å². The van der Waals surface area contributed by atoms with Gasteiger partial charge in [-0.05, 0) is 19.3 Å². The molecule has 3 nitrogen and oxygen atoms in total. The zero-order valence-corrected chi connectivity index (χ0v) is 10.1. The summed E-state index contributed by atoms with van der Waals surface area (Å²) >= 11 is 0. The van der Waals surface area contributed by atoms with Gasteiger partial charge in [-0.25, -0.2) is 4.98 Å². The van der Waals surface area contributed by atoms with Crippen molar-refractivity contribution in [2.45, 2.75) is 58.5 Å². The number of nitrogens with two attached hydrogens (primary N) is 1. The summed E-state index contributed by atoms with van der Waals surface area (Å²) in [7, 11) is 0. The normalized spacial score (nSPS) is 15.2. The summed E-state index contributed by atoms with van der Waals surface area (Å²) in [6.45, 7) is 6.56. The van der Waals surface area contributed by atoms with Crippen LogP contribution in [0.25, 0.3) is 0 Å². The quantitative estimate of drug-likeness (QED) is 0.782. The fourth-order valence-electron chi connectivity index (χ4n) is 1.99. The van der Waals surface area contributed by atoms with E-state index in [0.717, 1.165) is 12.8 Å². The van der Waals surface area contributed by atoms with Crippen molar-refractivity contribution >= 4 is 0 Å². The summed E-state index contributed by atoms with van der Waals surface area (Å²) in [5.74, 6) is 0. The highest BCUT2D eigenvalue weighted by molar-refractivity contribution is 5.05. The van der Waals surface area contributed by atoms with Crippen molar-refractivity contribution in [3.8, 4) is 0 Å². The lowest BCUT2D eigenvalue weighted by molar-refractivity contribution is 0.423. The molecule has 2 atom stereocenters. The van der Waals surface area contributed by atoms with Crippen molar-refractivity contribution in [3.63, 3.8) is 0 Å². The van der Waals surface area contributed by atoms with E-state index < -0.39 is 0 Å². The van der Waals surface area contributed by atoms with Crippen LogP contribution in [0, 0.1) is 0 Å². The highest BCUT2D eigenvalue weighted by atomic mass is 15.1. The topological polar surface area (TPSA) is 43.8 Å². The summed E-state index contributed by atoms with van der Waals surface area (Å²) in [4.78, 5) is 4.23. The predicted molar refractivity (Wildman–Crippen MR) is 63.7 cm³/mol. The maximum absolute atomic E-state index is 6.07. The first kappa shape index (κ1) is 12.2. The molecule has 0 saturated heterocycles. The average Bonchev–Trinajstić information content (AvgIpc) is 2.73. The van der Waals surface area contributed by atoms with Crippen LogP contribution >= 0.6 is 0 Å². The third kappa shape index (κ3) is 2.81. The summed E-state index contributed by atoms with van der Waals surface area (Å²) < 4.78 is 2.26. The van der Waals surface area contributed by atoms with Crippen molar-refractivity contribution < 1.29 is 0 Å². The molecule has 0 bridgehead atoms. The molecule has 1 rings (SSSR count). The SMILES string of the molecule is CCCC(CC)n1cncc1[C@H](N)CC. The van der Waals surface area contributed by atoms with Gasteiger partial charge in [-0.2, -0.15) is 0 Å². The van der Waals surface area contributed by atoms with Gasteiger partial charge in [0.15, 0.2) is 0 Å². The Morgan fingerprint density at radius 2 is 2.07 bits per heavy atom. The van der Waals surface area contributed by atoms with Crippen LogP contribution in [0.1, 0.15) is 64.2 Å². The molecule has 0 spiro atoms. The number of nitrogens with zero attached hydrogens (tertiary/aromatic N) is 2. The molecule has 0 saturated carbocycles. The van der Waals surface area contributed by atoms with Gasteiger partial charge in [0.2, 0.25) is 0 Å². The smallest absolute Gasteiger partial charge is 0.0951 e. The first-order valence-electron chi connectivity index (χ1n) is 6.01. The Kier molecular flexibility index (Phi) is 4.82. The van der Waals surface area contributed by atoms with E-state index >= 15 is 0 Å². The van der Waals surface area contributed by atoms with Gasteiger partial charge < -0.3 is 10.3 Å². The molecule has 0 radical (unpaired) electrons. The second-order valence-corrected chi connectivity index (χ2v) is 4.09. The van der Waals surface area contributed by atoms with E-state index in [1.807, 2.05) is 12.5 Å². The molecule has 0 aliphatic carbocycles. The van der Waals surface area contributed by atoms with Gasteiger partial charge in [0, 0.05) is 18.3 Å². The fraction of sp³-hybridized carbons (Fsp3) is 0.750. The number of imidazole rings is 1. The number of aromatic nitrogens is 2. The summed E-state index contributed by atoms with van der Waals surface area (Å²) in [6.07, 6.45) is 8.36. The summed E-state index contributed by atoms with van der Waals surface area (Å²) in [5.41, 5.74) is 7.25. The van der Waals surface area contributed by atoms with E-state index in [-0.39, 0.29) is 6.04 Å². The van der Waals surface area contributed by atoms with Gasteiger partial charge in [-0.15, -0.1) is 0 Å². The zero-order valence-electron chi connectivity index (χ0n) is 10.1. The van der Waals surface area contributed by atoms with Crippen LogP contribution < -0.4 is 5.73 Å². The Morgan fingerprint density at radius 3 is 2.60 bits per heavy atom. The van der Waals surface area contributed by atoms with Crippen molar-refractivity contribution in [3.05, 3.63) is 18.2 Å². The number of hydrogen-bond donors (Lipinski definition) is 1. The van der Waals surface area contributed by atoms with Gasteiger partial charge >= 0.3 is 0 Å². The van der Waals surface area contributed by atoms with Crippen molar-refractivity contribution in [1.29, 1.82) is 0 Å². The van der Waals surface area contributed by atoms with Crippen molar-refractivity contribution in [2.24, 2.45) is 5.73 Å². The molecule has 1 aromatic heterocycles. The van der Waals surface area contributed by atoms with Crippen LogP contribution in [0.2, 0.25) is 0 Å². The van der Waals surface area contributed by atoms with Crippen LogP contribution in [0.15, 0.2) is 12.5 Å². The second kappa shape index (κ2) is 5.91. The molecule has 2 N–H and O–H groups in total. The molecule has 3 heteroatoms. The minimum Gasteiger partial charge on any atom is -0.330 e. The van der Waals surface area contributed by atoms with Gasteiger partial charge in [-0.3, -0.25) is 0 Å². The Hall–Kier alpha value is -0.830. The average molecular weight is 209 g/mol. The van der Waals surface area contributed by atoms with Gasteiger partial charge in [0.25, 0.3) is 0 Å². The zero-order chi connectivity index (χ0) is 11.3. The minimum absolute atomic E-state index is 0.124. The fourth-order valence-corrected chi connectivity index (χ4v) is 1.99. The largest absolute Gasteiger partial charge is 0.330 e. The van der Waals surface area contributed by atoms with E-state index in [0.29, 0.717) is 6.04 Å². The van der Waals surface area contributed by atoms with Gasteiger partial charge in [0.05, 0.1) is 12.0 Å². The Bertz CT molecular complexity index is 280. The minimum atomic E-state index is 0.124. The van der Waals surface area contributed by atoms with E-state index in [4.69, 9.17) is 5.73 Å².